The minimum absolute atomic E-state index is 0.0277. The number of amides is 2. The first kappa shape index (κ1) is 17.0. The van der Waals surface area contributed by atoms with Crippen molar-refractivity contribution in [2.45, 2.75) is 38.9 Å². The molecule has 0 aliphatic carbocycles. The van der Waals surface area contributed by atoms with Gasteiger partial charge in [-0.3, -0.25) is 9.69 Å². The molecule has 2 saturated heterocycles. The number of ether oxygens (including phenoxy) is 1. The van der Waals surface area contributed by atoms with Gasteiger partial charge in [-0.25, -0.2) is 4.79 Å². The van der Waals surface area contributed by atoms with Crippen molar-refractivity contribution in [2.75, 3.05) is 45.8 Å². The molecular weight excluding hydrogens is 286 g/mol. The molecule has 2 rings (SSSR count). The molecule has 1 N–H and O–H groups in total. The van der Waals surface area contributed by atoms with Gasteiger partial charge in [0.1, 0.15) is 5.60 Å². The lowest BCUT2D eigenvalue weighted by molar-refractivity contribution is -0.128. The predicted molar refractivity (Wildman–Crippen MR) is 81.5 cm³/mol. The average Bonchev–Trinajstić information content (AvgIpc) is 2.73. The van der Waals surface area contributed by atoms with Gasteiger partial charge in [-0.2, -0.15) is 0 Å². The first-order chi connectivity index (χ1) is 10.2. The maximum absolute atomic E-state index is 12.0. The molecule has 0 aromatic carbocycles. The predicted octanol–water partition coefficient (Wildman–Crippen LogP) is 0.132. The number of aliphatic hydroxyl groups is 1. The summed E-state index contributed by atoms with van der Waals surface area (Å²) in [6.07, 6.45) is -0.534. The van der Waals surface area contributed by atoms with E-state index in [4.69, 9.17) is 4.74 Å². The maximum atomic E-state index is 12.0. The van der Waals surface area contributed by atoms with Gasteiger partial charge in [0.15, 0.2) is 0 Å². The molecule has 1 atom stereocenters. The zero-order valence-electron chi connectivity index (χ0n) is 13.7. The lowest BCUT2D eigenvalue weighted by Gasteiger charge is -2.36. The number of nitrogens with zero attached hydrogens (tertiary/aromatic N) is 3. The van der Waals surface area contributed by atoms with E-state index >= 15 is 0 Å². The Kier molecular flexibility index (Phi) is 5.28. The molecular formula is C15H27N3O4. The molecule has 22 heavy (non-hydrogen) atoms. The fraction of sp³-hybridized carbons (Fsp3) is 0.867. The molecule has 0 radical (unpaired) electrons. The summed E-state index contributed by atoms with van der Waals surface area (Å²) in [6, 6.07) is 0. The minimum atomic E-state index is -0.517. The second kappa shape index (κ2) is 6.83. The van der Waals surface area contributed by atoms with Crippen LogP contribution in [-0.4, -0.2) is 89.3 Å². The van der Waals surface area contributed by atoms with Crippen molar-refractivity contribution in [3.63, 3.8) is 0 Å². The molecule has 126 valence electrons. The highest BCUT2D eigenvalue weighted by atomic mass is 16.6. The number of carbonyl (C=O) groups excluding carboxylic acids is 2. The van der Waals surface area contributed by atoms with Crippen LogP contribution in [-0.2, 0) is 9.53 Å². The number of hydrogen-bond acceptors (Lipinski definition) is 5. The van der Waals surface area contributed by atoms with Crippen LogP contribution in [0.25, 0.3) is 0 Å². The number of β-amino-alcohol motifs (C(OH)–C–C–N with tert-alkyl or cyclic N) is 1. The Morgan fingerprint density at radius 1 is 1.23 bits per heavy atom. The van der Waals surface area contributed by atoms with Gasteiger partial charge in [0.25, 0.3) is 0 Å². The highest BCUT2D eigenvalue weighted by molar-refractivity contribution is 5.79. The van der Waals surface area contributed by atoms with Gasteiger partial charge >= 0.3 is 6.09 Å². The Bertz CT molecular complexity index is 414. The zero-order chi connectivity index (χ0) is 16.3. The van der Waals surface area contributed by atoms with Crippen LogP contribution in [0.4, 0.5) is 4.79 Å². The van der Waals surface area contributed by atoms with Crippen molar-refractivity contribution in [1.82, 2.24) is 14.7 Å². The molecule has 0 aromatic heterocycles. The molecule has 0 aromatic rings. The zero-order valence-corrected chi connectivity index (χ0v) is 13.7. The summed E-state index contributed by atoms with van der Waals surface area (Å²) in [5.41, 5.74) is -0.467. The van der Waals surface area contributed by atoms with E-state index in [2.05, 4.69) is 4.90 Å². The quantitative estimate of drug-likeness (QED) is 0.802. The molecule has 2 aliphatic heterocycles. The van der Waals surface area contributed by atoms with Gasteiger partial charge in [-0.05, 0) is 20.8 Å². The fourth-order valence-corrected chi connectivity index (χ4v) is 2.71. The third-order valence-corrected chi connectivity index (χ3v) is 3.90. The molecule has 7 nitrogen and oxygen atoms in total. The van der Waals surface area contributed by atoms with E-state index in [-0.39, 0.29) is 18.4 Å². The fourth-order valence-electron chi connectivity index (χ4n) is 2.71. The largest absolute Gasteiger partial charge is 0.444 e. The van der Waals surface area contributed by atoms with E-state index in [1.807, 2.05) is 20.8 Å². The third kappa shape index (κ3) is 4.84. The molecule has 1 unspecified atom stereocenters. The number of likely N-dealkylation sites (tertiary alicyclic amines) is 1. The van der Waals surface area contributed by atoms with E-state index in [9.17, 15) is 14.7 Å². The van der Waals surface area contributed by atoms with Crippen molar-refractivity contribution >= 4 is 12.0 Å². The van der Waals surface area contributed by atoms with Gasteiger partial charge < -0.3 is 19.6 Å². The molecule has 2 amide bonds. The highest BCUT2D eigenvalue weighted by Gasteiger charge is 2.29. The number of aliphatic hydroxyl groups excluding tert-OH is 1. The van der Waals surface area contributed by atoms with E-state index in [1.165, 1.54) is 0 Å². The molecule has 0 saturated carbocycles. The van der Waals surface area contributed by atoms with Crippen molar-refractivity contribution in [1.29, 1.82) is 0 Å². The van der Waals surface area contributed by atoms with E-state index in [1.54, 1.807) is 9.80 Å². The third-order valence-electron chi connectivity index (χ3n) is 3.90. The van der Waals surface area contributed by atoms with Crippen molar-refractivity contribution < 1.29 is 19.4 Å². The number of carbonyl (C=O) groups is 2. The topological polar surface area (TPSA) is 73.3 Å². The minimum Gasteiger partial charge on any atom is -0.444 e. The second-order valence-corrected chi connectivity index (χ2v) is 7.01. The second-order valence-electron chi connectivity index (χ2n) is 7.01. The Labute approximate surface area is 131 Å². The maximum Gasteiger partial charge on any atom is 0.410 e. The summed E-state index contributed by atoms with van der Waals surface area (Å²) in [7, 11) is 0. The van der Waals surface area contributed by atoms with E-state index in [0.29, 0.717) is 26.2 Å². The summed E-state index contributed by atoms with van der Waals surface area (Å²) >= 11 is 0. The van der Waals surface area contributed by atoms with Crippen LogP contribution in [0.2, 0.25) is 0 Å². The van der Waals surface area contributed by atoms with Crippen molar-refractivity contribution in [2.24, 2.45) is 0 Å². The summed E-state index contributed by atoms with van der Waals surface area (Å²) in [6.45, 7) is 10.3. The van der Waals surface area contributed by atoms with Gasteiger partial charge in [-0.1, -0.05) is 0 Å². The van der Waals surface area contributed by atoms with Crippen LogP contribution in [0.15, 0.2) is 0 Å². The SMILES string of the molecule is CC(C)(C)OC(=O)N1CCN(CCN2CC(O)CC2=O)CC1. The first-order valence-electron chi connectivity index (χ1n) is 7.91. The average molecular weight is 313 g/mol. The van der Waals surface area contributed by atoms with E-state index in [0.717, 1.165) is 19.6 Å². The molecule has 2 heterocycles. The Balaban J connectivity index is 1.69. The van der Waals surface area contributed by atoms with Gasteiger partial charge in [0.2, 0.25) is 5.91 Å². The van der Waals surface area contributed by atoms with Crippen molar-refractivity contribution in [3.05, 3.63) is 0 Å². The summed E-state index contributed by atoms with van der Waals surface area (Å²) < 4.78 is 5.37. The van der Waals surface area contributed by atoms with Crippen LogP contribution in [0.1, 0.15) is 27.2 Å². The Morgan fingerprint density at radius 3 is 2.36 bits per heavy atom. The monoisotopic (exact) mass is 313 g/mol. The lowest BCUT2D eigenvalue weighted by Crippen LogP contribution is -2.51. The Hall–Kier alpha value is -1.34. The summed E-state index contributed by atoms with van der Waals surface area (Å²) in [4.78, 5) is 29.3. The number of hydrogen-bond donors (Lipinski definition) is 1. The summed E-state index contributed by atoms with van der Waals surface area (Å²) in [5.74, 6) is 0.0277. The molecule has 2 fully saturated rings. The number of piperazine rings is 1. The lowest BCUT2D eigenvalue weighted by atomic mass is 10.2. The molecule has 0 spiro atoms. The van der Waals surface area contributed by atoms with Crippen LogP contribution in [0.5, 0.6) is 0 Å². The van der Waals surface area contributed by atoms with Crippen molar-refractivity contribution in [3.8, 4) is 0 Å². The van der Waals surface area contributed by atoms with Gasteiger partial charge in [-0.15, -0.1) is 0 Å². The highest BCUT2D eigenvalue weighted by Crippen LogP contribution is 2.13. The molecule has 0 bridgehead atoms. The smallest absolute Gasteiger partial charge is 0.410 e. The standard InChI is InChI=1S/C15H27N3O4/c1-15(2,3)22-14(21)17-7-4-16(5-8-17)6-9-18-11-12(19)10-13(18)20/h12,19H,4-11H2,1-3H3. The van der Waals surface area contributed by atoms with E-state index < -0.39 is 11.7 Å². The summed E-state index contributed by atoms with van der Waals surface area (Å²) in [5, 5.41) is 9.46. The van der Waals surface area contributed by atoms with Crippen LogP contribution < -0.4 is 0 Å². The molecule has 7 heteroatoms. The van der Waals surface area contributed by atoms with Gasteiger partial charge in [0.05, 0.1) is 12.5 Å². The van der Waals surface area contributed by atoms with Crippen LogP contribution in [0, 0.1) is 0 Å². The Morgan fingerprint density at radius 2 is 1.86 bits per heavy atom. The normalized spacial score (nSPS) is 24.0. The van der Waals surface area contributed by atoms with Gasteiger partial charge in [0, 0.05) is 45.8 Å². The molecule has 2 aliphatic rings. The van der Waals surface area contributed by atoms with Crippen LogP contribution in [0.3, 0.4) is 0 Å². The first-order valence-corrected chi connectivity index (χ1v) is 7.91. The number of rotatable bonds is 3. The van der Waals surface area contributed by atoms with Crippen LogP contribution >= 0.6 is 0 Å².